The lowest BCUT2D eigenvalue weighted by molar-refractivity contribution is 0.800. The highest BCUT2D eigenvalue weighted by Crippen LogP contribution is 2.25. The van der Waals surface area contributed by atoms with Crippen molar-refractivity contribution in [1.29, 1.82) is 0 Å². The van der Waals surface area contributed by atoms with Crippen molar-refractivity contribution >= 4 is 11.6 Å². The van der Waals surface area contributed by atoms with Gasteiger partial charge in [0.05, 0.1) is 11.7 Å². The van der Waals surface area contributed by atoms with E-state index in [1.54, 1.807) is 10.7 Å². The molecule has 25 heavy (non-hydrogen) atoms. The summed E-state index contributed by atoms with van der Waals surface area (Å²) < 4.78 is 3.61. The molecular weight excluding hydrogens is 314 g/mol. The van der Waals surface area contributed by atoms with Gasteiger partial charge < -0.3 is 5.32 Å². The van der Waals surface area contributed by atoms with E-state index in [1.165, 1.54) is 6.33 Å². The number of aryl methyl sites for hydroxylation is 1. The minimum absolute atomic E-state index is 0.0555. The molecule has 126 valence electrons. The number of fused-ring (bicyclic) bond motifs is 1. The first kappa shape index (κ1) is 15.3. The second kappa shape index (κ2) is 6.35. The summed E-state index contributed by atoms with van der Waals surface area (Å²) in [6.45, 7) is 4.20. The molecule has 0 bridgehead atoms. The van der Waals surface area contributed by atoms with Crippen molar-refractivity contribution in [3.05, 3.63) is 66.4 Å². The Bertz CT molecular complexity index is 988. The molecule has 0 saturated heterocycles. The van der Waals surface area contributed by atoms with Crippen LogP contribution in [0.5, 0.6) is 0 Å². The number of benzene rings is 1. The molecule has 1 aromatic carbocycles. The minimum Gasteiger partial charge on any atom is -0.363 e. The van der Waals surface area contributed by atoms with Gasteiger partial charge >= 0.3 is 0 Å². The first-order valence-corrected chi connectivity index (χ1v) is 8.31. The van der Waals surface area contributed by atoms with E-state index in [2.05, 4.69) is 51.5 Å². The van der Waals surface area contributed by atoms with E-state index in [0.717, 1.165) is 29.2 Å². The van der Waals surface area contributed by atoms with Gasteiger partial charge in [-0.3, -0.25) is 0 Å². The van der Waals surface area contributed by atoms with Crippen molar-refractivity contribution in [3.63, 3.8) is 0 Å². The summed E-state index contributed by atoms with van der Waals surface area (Å²) in [5.74, 6) is 1.48. The van der Waals surface area contributed by atoms with Crippen molar-refractivity contribution in [3.8, 4) is 5.69 Å². The summed E-state index contributed by atoms with van der Waals surface area (Å²) in [4.78, 5) is 8.70. The van der Waals surface area contributed by atoms with Gasteiger partial charge in [-0.05, 0) is 31.0 Å². The van der Waals surface area contributed by atoms with Gasteiger partial charge in [0.15, 0.2) is 0 Å². The molecule has 4 rings (SSSR count). The van der Waals surface area contributed by atoms with Gasteiger partial charge in [-0.2, -0.15) is 19.7 Å². The van der Waals surface area contributed by atoms with E-state index in [-0.39, 0.29) is 6.04 Å². The third kappa shape index (κ3) is 2.84. The zero-order valence-electron chi connectivity index (χ0n) is 14.2. The summed E-state index contributed by atoms with van der Waals surface area (Å²) >= 11 is 0. The van der Waals surface area contributed by atoms with Crippen LogP contribution in [0.2, 0.25) is 0 Å². The number of rotatable bonds is 5. The third-order valence-electron chi connectivity index (χ3n) is 4.19. The highest BCUT2D eigenvalue weighted by atomic mass is 15.4. The van der Waals surface area contributed by atoms with E-state index < -0.39 is 0 Å². The Balaban J connectivity index is 1.72. The lowest BCUT2D eigenvalue weighted by Crippen LogP contribution is -2.14. The van der Waals surface area contributed by atoms with E-state index in [4.69, 9.17) is 0 Å². The topological polar surface area (TPSA) is 72.9 Å². The smallest absolute Gasteiger partial charge is 0.254 e. The van der Waals surface area contributed by atoms with Gasteiger partial charge in [0, 0.05) is 24.2 Å². The number of anilines is 1. The Hall–Kier alpha value is -3.22. The van der Waals surface area contributed by atoms with Crippen LogP contribution in [0.15, 0.2) is 55.1 Å². The molecule has 0 fully saturated rings. The molecule has 0 saturated carbocycles. The van der Waals surface area contributed by atoms with Gasteiger partial charge in [-0.15, -0.1) is 0 Å². The normalized spacial score (nSPS) is 12.4. The fourth-order valence-electron chi connectivity index (χ4n) is 2.92. The van der Waals surface area contributed by atoms with Crippen LogP contribution in [0, 0.1) is 0 Å². The molecule has 1 atom stereocenters. The Morgan fingerprint density at radius 3 is 2.84 bits per heavy atom. The van der Waals surface area contributed by atoms with Gasteiger partial charge in [-0.1, -0.05) is 25.1 Å². The number of para-hydroxylation sites is 1. The van der Waals surface area contributed by atoms with Crippen LogP contribution in [-0.4, -0.2) is 29.4 Å². The largest absolute Gasteiger partial charge is 0.363 e. The first-order chi connectivity index (χ1) is 12.3. The standard InChI is InChI=1S/C18H19N7/c1-3-14-11-17(25-18(23-14)19-12-21-25)22-13(2)15-7-4-5-8-16(15)24-10-6-9-20-24/h4-13,22H,3H2,1-2H3. The SMILES string of the molecule is CCc1cc(NC(C)c2ccccc2-n2cccn2)n2ncnc2n1. The Labute approximate surface area is 145 Å². The first-order valence-electron chi connectivity index (χ1n) is 8.31. The second-order valence-electron chi connectivity index (χ2n) is 5.83. The minimum atomic E-state index is 0.0555. The fourth-order valence-corrected chi connectivity index (χ4v) is 2.92. The van der Waals surface area contributed by atoms with Crippen LogP contribution in [0.25, 0.3) is 11.5 Å². The predicted molar refractivity (Wildman–Crippen MR) is 95.8 cm³/mol. The average molecular weight is 333 g/mol. The van der Waals surface area contributed by atoms with Crippen LogP contribution in [0.4, 0.5) is 5.82 Å². The lowest BCUT2D eigenvalue weighted by atomic mass is 10.1. The summed E-state index contributed by atoms with van der Waals surface area (Å²) in [7, 11) is 0. The van der Waals surface area contributed by atoms with Crippen LogP contribution < -0.4 is 5.32 Å². The van der Waals surface area contributed by atoms with E-state index in [9.17, 15) is 0 Å². The Morgan fingerprint density at radius 2 is 2.04 bits per heavy atom. The molecule has 0 amide bonds. The molecule has 0 aliphatic carbocycles. The van der Waals surface area contributed by atoms with Crippen LogP contribution in [0.1, 0.15) is 31.1 Å². The number of nitrogens with one attached hydrogen (secondary N) is 1. The van der Waals surface area contributed by atoms with Gasteiger partial charge in [0.1, 0.15) is 12.1 Å². The summed E-state index contributed by atoms with van der Waals surface area (Å²) in [6, 6.07) is 12.2. The maximum atomic E-state index is 4.49. The molecule has 1 N–H and O–H groups in total. The molecule has 4 aromatic rings. The zero-order chi connectivity index (χ0) is 17.2. The Kier molecular flexibility index (Phi) is 3.89. The summed E-state index contributed by atoms with van der Waals surface area (Å²) in [5, 5.41) is 12.2. The van der Waals surface area contributed by atoms with E-state index in [1.807, 2.05) is 35.1 Å². The van der Waals surface area contributed by atoms with Crippen molar-refractivity contribution in [2.24, 2.45) is 0 Å². The highest BCUT2D eigenvalue weighted by molar-refractivity contribution is 5.50. The summed E-state index contributed by atoms with van der Waals surface area (Å²) in [5.41, 5.74) is 3.18. The number of nitrogens with zero attached hydrogens (tertiary/aromatic N) is 6. The number of aromatic nitrogens is 6. The van der Waals surface area contributed by atoms with Gasteiger partial charge in [0.2, 0.25) is 0 Å². The molecule has 0 radical (unpaired) electrons. The molecule has 3 aromatic heterocycles. The van der Waals surface area contributed by atoms with Gasteiger partial charge in [-0.25, -0.2) is 9.67 Å². The molecule has 1 unspecified atom stereocenters. The van der Waals surface area contributed by atoms with Gasteiger partial charge in [0.25, 0.3) is 5.78 Å². The maximum Gasteiger partial charge on any atom is 0.254 e. The molecule has 0 aliphatic heterocycles. The Morgan fingerprint density at radius 1 is 1.16 bits per heavy atom. The summed E-state index contributed by atoms with van der Waals surface area (Å²) in [6.07, 6.45) is 6.10. The molecular formula is C18H19N7. The maximum absolute atomic E-state index is 4.49. The second-order valence-corrected chi connectivity index (χ2v) is 5.83. The average Bonchev–Trinajstić information content (AvgIpc) is 3.33. The van der Waals surface area contributed by atoms with Crippen molar-refractivity contribution < 1.29 is 0 Å². The molecule has 7 nitrogen and oxygen atoms in total. The lowest BCUT2D eigenvalue weighted by Gasteiger charge is -2.19. The van der Waals surface area contributed by atoms with Crippen LogP contribution in [0.3, 0.4) is 0 Å². The molecule has 0 aliphatic rings. The number of hydrogen-bond acceptors (Lipinski definition) is 5. The quantitative estimate of drug-likeness (QED) is 0.608. The van der Waals surface area contributed by atoms with Crippen LogP contribution >= 0.6 is 0 Å². The molecule has 3 heterocycles. The monoisotopic (exact) mass is 333 g/mol. The van der Waals surface area contributed by atoms with Crippen LogP contribution in [-0.2, 0) is 6.42 Å². The molecule has 0 spiro atoms. The third-order valence-corrected chi connectivity index (χ3v) is 4.19. The van der Waals surface area contributed by atoms with Crippen molar-refractivity contribution in [2.45, 2.75) is 26.3 Å². The highest BCUT2D eigenvalue weighted by Gasteiger charge is 2.14. The van der Waals surface area contributed by atoms with Crippen molar-refractivity contribution in [2.75, 3.05) is 5.32 Å². The fraction of sp³-hybridized carbons (Fsp3) is 0.222. The van der Waals surface area contributed by atoms with Crippen molar-refractivity contribution in [1.82, 2.24) is 29.4 Å². The molecule has 7 heteroatoms. The zero-order valence-corrected chi connectivity index (χ0v) is 14.2. The van der Waals surface area contributed by atoms with E-state index in [0.29, 0.717) is 5.78 Å². The van der Waals surface area contributed by atoms with E-state index >= 15 is 0 Å². The number of hydrogen-bond donors (Lipinski definition) is 1. The predicted octanol–water partition coefficient (Wildman–Crippen LogP) is 3.05.